The van der Waals surface area contributed by atoms with Gasteiger partial charge in [-0.15, -0.1) is 24.0 Å². The molecular weight excluding hydrogens is 521 g/mol. The summed E-state index contributed by atoms with van der Waals surface area (Å²) in [6.07, 6.45) is 3.64. The molecule has 1 atom stereocenters. The minimum atomic E-state index is -2.92. The highest BCUT2D eigenvalue weighted by atomic mass is 127. The number of nitrogens with one attached hydrogen (secondary N) is 2. The van der Waals surface area contributed by atoms with Crippen molar-refractivity contribution in [2.75, 3.05) is 26.7 Å². The molecule has 1 heterocycles. The first kappa shape index (κ1) is 27.2. The van der Waals surface area contributed by atoms with Crippen LogP contribution in [0.5, 0.6) is 11.5 Å². The second-order valence-corrected chi connectivity index (χ2v) is 7.16. The fourth-order valence-electron chi connectivity index (χ4n) is 3.42. The lowest BCUT2D eigenvalue weighted by molar-refractivity contribution is -0.134. The minimum absolute atomic E-state index is 0. The van der Waals surface area contributed by atoms with Gasteiger partial charge in [0.1, 0.15) is 11.5 Å². The van der Waals surface area contributed by atoms with Crippen LogP contribution < -0.4 is 20.1 Å². The monoisotopic (exact) mass is 554 g/mol. The summed E-state index contributed by atoms with van der Waals surface area (Å²) >= 11 is 0. The van der Waals surface area contributed by atoms with E-state index in [1.807, 2.05) is 11.8 Å². The quantitative estimate of drug-likeness (QED) is 0.276. The largest absolute Gasteiger partial charge is 0.497 e. The summed E-state index contributed by atoms with van der Waals surface area (Å²) in [7, 11) is 1.50. The van der Waals surface area contributed by atoms with Crippen molar-refractivity contribution < 1.29 is 23.0 Å². The second-order valence-electron chi connectivity index (χ2n) is 7.16. The lowest BCUT2D eigenvalue weighted by atomic mass is 10.0. The predicted molar refractivity (Wildman–Crippen MR) is 128 cm³/mol. The van der Waals surface area contributed by atoms with Crippen molar-refractivity contribution in [1.82, 2.24) is 15.5 Å². The Bertz CT molecular complexity index is 722. The number of hydrogen-bond donors (Lipinski definition) is 2. The maximum Gasteiger partial charge on any atom is 0.387 e. The maximum atomic E-state index is 12.7. The summed E-state index contributed by atoms with van der Waals surface area (Å²) in [6.45, 7) is 3.09. The normalized spacial score (nSPS) is 16.5. The van der Waals surface area contributed by atoms with Crippen LogP contribution in [0.3, 0.4) is 0 Å². The number of benzene rings is 1. The zero-order valence-corrected chi connectivity index (χ0v) is 20.7. The first-order chi connectivity index (χ1) is 14.4. The molecule has 0 aromatic heterocycles. The van der Waals surface area contributed by atoms with E-state index in [1.165, 1.54) is 19.6 Å². The van der Waals surface area contributed by atoms with Gasteiger partial charge in [-0.2, -0.15) is 8.78 Å². The van der Waals surface area contributed by atoms with Crippen LogP contribution in [0.2, 0.25) is 0 Å². The first-order valence-corrected chi connectivity index (χ1v) is 10.4. The smallest absolute Gasteiger partial charge is 0.387 e. The topological polar surface area (TPSA) is 75.2 Å². The van der Waals surface area contributed by atoms with Gasteiger partial charge in [0.25, 0.3) is 0 Å². The van der Waals surface area contributed by atoms with Crippen LogP contribution in [0.15, 0.2) is 23.2 Å². The van der Waals surface area contributed by atoms with Crippen molar-refractivity contribution in [3.63, 3.8) is 0 Å². The van der Waals surface area contributed by atoms with Crippen LogP contribution >= 0.6 is 24.0 Å². The third kappa shape index (κ3) is 9.04. The van der Waals surface area contributed by atoms with Crippen molar-refractivity contribution in [3.05, 3.63) is 23.8 Å². The summed E-state index contributed by atoms with van der Waals surface area (Å²) in [5.74, 6) is 1.22. The van der Waals surface area contributed by atoms with Crippen LogP contribution in [-0.2, 0) is 11.3 Å². The van der Waals surface area contributed by atoms with Crippen LogP contribution in [0.1, 0.15) is 45.1 Å². The van der Waals surface area contributed by atoms with Gasteiger partial charge in [-0.3, -0.25) is 4.79 Å². The number of rotatable bonds is 9. The molecule has 10 heteroatoms. The number of hydrogen-bond acceptors (Lipinski definition) is 4. The van der Waals surface area contributed by atoms with Gasteiger partial charge >= 0.3 is 6.61 Å². The Labute approximate surface area is 200 Å². The molecule has 1 aromatic carbocycles. The number of amides is 1. The number of carbonyl (C=O) groups is 1. The molecule has 0 radical (unpaired) electrons. The van der Waals surface area contributed by atoms with E-state index in [0.29, 0.717) is 36.8 Å². The van der Waals surface area contributed by atoms with Gasteiger partial charge in [0.2, 0.25) is 5.91 Å². The van der Waals surface area contributed by atoms with Crippen LogP contribution in [-0.4, -0.2) is 56.2 Å². The van der Waals surface area contributed by atoms with Crippen molar-refractivity contribution >= 4 is 35.8 Å². The number of guanidine groups is 1. The molecule has 0 spiro atoms. The van der Waals surface area contributed by atoms with Crippen molar-refractivity contribution in [2.45, 2.75) is 58.7 Å². The zero-order valence-electron chi connectivity index (χ0n) is 18.3. The number of carbonyl (C=O) groups excluding carboxylic acids is 1. The third-order valence-corrected chi connectivity index (χ3v) is 4.99. The number of alkyl halides is 2. The number of halogens is 3. The Balaban J connectivity index is 0.00000480. The van der Waals surface area contributed by atoms with E-state index >= 15 is 0 Å². The average molecular weight is 554 g/mol. The minimum Gasteiger partial charge on any atom is -0.497 e. The SMILES string of the molecule is CCNC(=NCc1cc(OC)ccc1OC(F)F)NCCC(=O)N1CCCCC1C.I. The Kier molecular flexibility index (Phi) is 12.5. The molecule has 2 rings (SSSR count). The van der Waals surface area contributed by atoms with E-state index in [2.05, 4.69) is 27.3 Å². The molecule has 1 fully saturated rings. The van der Waals surface area contributed by atoms with E-state index in [4.69, 9.17) is 4.74 Å². The Morgan fingerprint density at radius 2 is 2.10 bits per heavy atom. The highest BCUT2D eigenvalue weighted by Gasteiger charge is 2.22. The molecular formula is C21H33F2IN4O3. The number of aliphatic imine (C=N–C) groups is 1. The van der Waals surface area contributed by atoms with Crippen molar-refractivity contribution in [3.8, 4) is 11.5 Å². The molecule has 7 nitrogen and oxygen atoms in total. The number of ether oxygens (including phenoxy) is 2. The van der Waals surface area contributed by atoms with Crippen LogP contribution in [0.25, 0.3) is 0 Å². The molecule has 2 N–H and O–H groups in total. The maximum absolute atomic E-state index is 12.7. The van der Waals surface area contributed by atoms with E-state index in [0.717, 1.165) is 19.4 Å². The number of piperidine rings is 1. The zero-order chi connectivity index (χ0) is 21.9. The van der Waals surface area contributed by atoms with E-state index in [9.17, 15) is 13.6 Å². The van der Waals surface area contributed by atoms with E-state index in [-0.39, 0.29) is 48.2 Å². The molecule has 0 saturated carbocycles. The predicted octanol–water partition coefficient (Wildman–Crippen LogP) is 3.76. The Hall–Kier alpha value is -1.85. The highest BCUT2D eigenvalue weighted by Crippen LogP contribution is 2.26. The average Bonchev–Trinajstić information content (AvgIpc) is 2.72. The fourth-order valence-corrected chi connectivity index (χ4v) is 3.42. The molecule has 0 aliphatic carbocycles. The molecule has 1 unspecified atom stereocenters. The number of likely N-dealkylation sites (tertiary alicyclic amines) is 1. The molecule has 1 amide bonds. The third-order valence-electron chi connectivity index (χ3n) is 4.99. The lowest BCUT2D eigenvalue weighted by Crippen LogP contribution is -2.44. The summed E-state index contributed by atoms with van der Waals surface area (Å²) in [5, 5.41) is 6.23. The van der Waals surface area contributed by atoms with Crippen LogP contribution in [0.4, 0.5) is 8.78 Å². The molecule has 0 bridgehead atoms. The van der Waals surface area contributed by atoms with Crippen LogP contribution in [0, 0.1) is 0 Å². The summed E-state index contributed by atoms with van der Waals surface area (Å²) in [4.78, 5) is 18.9. The Morgan fingerprint density at radius 3 is 2.74 bits per heavy atom. The summed E-state index contributed by atoms with van der Waals surface area (Å²) < 4.78 is 35.1. The Morgan fingerprint density at radius 1 is 1.32 bits per heavy atom. The van der Waals surface area contributed by atoms with Gasteiger partial charge < -0.3 is 25.0 Å². The molecule has 1 aliphatic rings. The van der Waals surface area contributed by atoms with Crippen molar-refractivity contribution in [2.24, 2.45) is 4.99 Å². The van der Waals surface area contributed by atoms with Gasteiger partial charge in [-0.1, -0.05) is 0 Å². The number of nitrogens with zero attached hydrogens (tertiary/aromatic N) is 2. The molecule has 1 aromatic rings. The fraction of sp³-hybridized carbons (Fsp3) is 0.619. The number of methoxy groups -OCH3 is 1. The summed E-state index contributed by atoms with van der Waals surface area (Å²) in [6, 6.07) is 4.90. The molecule has 1 saturated heterocycles. The van der Waals surface area contributed by atoms with Gasteiger partial charge in [0, 0.05) is 37.7 Å². The summed E-state index contributed by atoms with van der Waals surface area (Å²) in [5.41, 5.74) is 0.477. The van der Waals surface area contributed by atoms with E-state index in [1.54, 1.807) is 12.1 Å². The lowest BCUT2D eigenvalue weighted by Gasteiger charge is -2.33. The van der Waals surface area contributed by atoms with Gasteiger partial charge in [0.05, 0.1) is 13.7 Å². The van der Waals surface area contributed by atoms with Gasteiger partial charge in [-0.25, -0.2) is 4.99 Å². The molecule has 176 valence electrons. The molecule has 1 aliphatic heterocycles. The van der Waals surface area contributed by atoms with Gasteiger partial charge in [-0.05, 0) is 51.3 Å². The second kappa shape index (κ2) is 14.3. The van der Waals surface area contributed by atoms with Gasteiger partial charge in [0.15, 0.2) is 5.96 Å². The van der Waals surface area contributed by atoms with E-state index < -0.39 is 6.61 Å². The standard InChI is InChI=1S/C21H32F2N4O3.HI/c1-4-24-21(25-11-10-19(28)27-12-6-5-7-15(27)2)26-14-16-13-17(29-3)8-9-18(16)30-20(22)23;/h8-9,13,15,20H,4-7,10-12,14H2,1-3H3,(H2,24,25,26);1H. The first-order valence-electron chi connectivity index (χ1n) is 10.4. The van der Waals surface area contributed by atoms with Crippen molar-refractivity contribution in [1.29, 1.82) is 0 Å². The highest BCUT2D eigenvalue weighted by molar-refractivity contribution is 14.0. The molecule has 31 heavy (non-hydrogen) atoms.